The van der Waals surface area contributed by atoms with E-state index < -0.39 is 14.9 Å². The summed E-state index contributed by atoms with van der Waals surface area (Å²) >= 11 is 1.26. The molecule has 0 aliphatic carbocycles. The fourth-order valence-corrected chi connectivity index (χ4v) is 5.26. The molecule has 1 heterocycles. The number of hydrogen-bond acceptors (Lipinski definition) is 6. The van der Waals surface area contributed by atoms with E-state index in [1.165, 1.54) is 40.3 Å². The average molecular weight is 450 g/mol. The van der Waals surface area contributed by atoms with E-state index in [1.54, 1.807) is 24.3 Å². The predicted molar refractivity (Wildman–Crippen MR) is 116 cm³/mol. The van der Waals surface area contributed by atoms with E-state index in [2.05, 4.69) is 12.2 Å². The number of sulfonamides is 1. The third-order valence-corrected chi connectivity index (χ3v) is 7.86. The van der Waals surface area contributed by atoms with Gasteiger partial charge >= 0.3 is 0 Å². The number of piperidine rings is 1. The number of rotatable bonds is 7. The number of non-ortho nitro benzene ring substituents is 1. The number of thioether (sulfide) groups is 1. The minimum Gasteiger partial charge on any atom is -0.325 e. The SMILES string of the molecule is CC1CCN(S(=O)(=O)c2ccc(NC(=O)CSc3ccc([N+](=O)[O-])cc3)cc2)CC1. The summed E-state index contributed by atoms with van der Waals surface area (Å²) in [5.41, 5.74) is 0.508. The maximum absolute atomic E-state index is 12.7. The molecule has 1 aliphatic rings. The van der Waals surface area contributed by atoms with Gasteiger partial charge in [-0.2, -0.15) is 4.31 Å². The van der Waals surface area contributed by atoms with E-state index in [0.29, 0.717) is 24.7 Å². The van der Waals surface area contributed by atoms with Crippen molar-refractivity contribution < 1.29 is 18.1 Å². The number of benzene rings is 2. The van der Waals surface area contributed by atoms with E-state index in [9.17, 15) is 23.3 Å². The van der Waals surface area contributed by atoms with Gasteiger partial charge in [0.2, 0.25) is 15.9 Å². The molecule has 1 N–H and O–H groups in total. The molecule has 0 atom stereocenters. The molecule has 0 bridgehead atoms. The van der Waals surface area contributed by atoms with E-state index >= 15 is 0 Å². The largest absolute Gasteiger partial charge is 0.325 e. The fraction of sp³-hybridized carbons (Fsp3) is 0.350. The Kier molecular flexibility index (Phi) is 7.11. The molecule has 2 aromatic rings. The van der Waals surface area contributed by atoms with Crippen LogP contribution in [-0.4, -0.2) is 42.4 Å². The summed E-state index contributed by atoms with van der Waals surface area (Å²) in [7, 11) is -3.52. The lowest BCUT2D eigenvalue weighted by molar-refractivity contribution is -0.384. The first kappa shape index (κ1) is 22.3. The van der Waals surface area contributed by atoms with Crippen molar-refractivity contribution in [2.75, 3.05) is 24.2 Å². The molecule has 2 aromatic carbocycles. The summed E-state index contributed by atoms with van der Waals surface area (Å²) in [6.45, 7) is 3.19. The number of carbonyl (C=O) groups is 1. The van der Waals surface area contributed by atoms with Crippen molar-refractivity contribution >= 4 is 39.1 Å². The minimum absolute atomic E-state index is 0.00194. The van der Waals surface area contributed by atoms with Crippen molar-refractivity contribution in [2.24, 2.45) is 5.92 Å². The number of nitrogens with zero attached hydrogens (tertiary/aromatic N) is 2. The molecular formula is C20H23N3O5S2. The highest BCUT2D eigenvalue weighted by molar-refractivity contribution is 8.00. The van der Waals surface area contributed by atoms with Crippen LogP contribution in [0.4, 0.5) is 11.4 Å². The third-order valence-electron chi connectivity index (χ3n) is 4.94. The van der Waals surface area contributed by atoms with Crippen LogP contribution in [0.5, 0.6) is 0 Å². The van der Waals surface area contributed by atoms with Crippen LogP contribution >= 0.6 is 11.8 Å². The highest BCUT2D eigenvalue weighted by Gasteiger charge is 2.27. The summed E-state index contributed by atoms with van der Waals surface area (Å²) in [6.07, 6.45) is 1.72. The maximum atomic E-state index is 12.7. The summed E-state index contributed by atoms with van der Waals surface area (Å²) < 4.78 is 27.0. The summed E-state index contributed by atoms with van der Waals surface area (Å²) in [5, 5.41) is 13.4. The number of anilines is 1. The number of amides is 1. The predicted octanol–water partition coefficient (Wildman–Crippen LogP) is 3.75. The van der Waals surface area contributed by atoms with Gasteiger partial charge in [-0.05, 0) is 55.2 Å². The van der Waals surface area contributed by atoms with Crippen LogP contribution in [0.2, 0.25) is 0 Å². The van der Waals surface area contributed by atoms with E-state index in [4.69, 9.17) is 0 Å². The lowest BCUT2D eigenvalue weighted by Crippen LogP contribution is -2.37. The Hall–Kier alpha value is -2.43. The molecule has 0 aromatic heterocycles. The second-order valence-corrected chi connectivity index (χ2v) is 10.2. The van der Waals surface area contributed by atoms with Gasteiger partial charge in [0.15, 0.2) is 0 Å². The maximum Gasteiger partial charge on any atom is 0.269 e. The number of hydrogen-bond donors (Lipinski definition) is 1. The van der Waals surface area contributed by atoms with Gasteiger partial charge in [-0.1, -0.05) is 6.92 Å². The highest BCUT2D eigenvalue weighted by Crippen LogP contribution is 2.25. The second kappa shape index (κ2) is 9.59. The number of nitro groups is 1. The van der Waals surface area contributed by atoms with Gasteiger partial charge in [0.1, 0.15) is 0 Å². The molecule has 8 nitrogen and oxygen atoms in total. The Labute approximate surface area is 179 Å². The Balaban J connectivity index is 1.54. The molecule has 1 amide bonds. The van der Waals surface area contributed by atoms with Crippen LogP contribution in [0, 0.1) is 16.0 Å². The first-order chi connectivity index (χ1) is 14.3. The van der Waals surface area contributed by atoms with Crippen molar-refractivity contribution in [1.82, 2.24) is 4.31 Å². The molecule has 1 saturated heterocycles. The normalized spacial score (nSPS) is 15.6. The standard InChI is InChI=1S/C20H23N3O5S2/c1-15-10-12-22(13-11-15)30(27,28)19-8-2-16(3-9-19)21-20(24)14-29-18-6-4-17(5-7-18)23(25)26/h2-9,15H,10-14H2,1H3,(H,21,24). The van der Waals surface area contributed by atoms with Crippen LogP contribution < -0.4 is 5.32 Å². The zero-order valence-corrected chi connectivity index (χ0v) is 18.1. The van der Waals surface area contributed by atoms with Gasteiger partial charge in [0.25, 0.3) is 5.69 Å². The molecule has 30 heavy (non-hydrogen) atoms. The van der Waals surface area contributed by atoms with Crippen molar-refractivity contribution in [3.05, 3.63) is 58.6 Å². The summed E-state index contributed by atoms with van der Waals surface area (Å²) in [5.74, 6) is 0.418. The average Bonchev–Trinajstić information content (AvgIpc) is 2.73. The van der Waals surface area contributed by atoms with Crippen LogP contribution in [0.25, 0.3) is 0 Å². The van der Waals surface area contributed by atoms with Crippen LogP contribution in [-0.2, 0) is 14.8 Å². The van der Waals surface area contributed by atoms with Crippen LogP contribution in [0.1, 0.15) is 19.8 Å². The Morgan fingerprint density at radius 2 is 1.73 bits per heavy atom. The van der Waals surface area contributed by atoms with Crippen LogP contribution in [0.15, 0.2) is 58.3 Å². The molecule has 0 spiro atoms. The van der Waals surface area contributed by atoms with Crippen LogP contribution in [0.3, 0.4) is 0 Å². The van der Waals surface area contributed by atoms with Crippen molar-refractivity contribution in [3.8, 4) is 0 Å². The molecular weight excluding hydrogens is 426 g/mol. The van der Waals surface area contributed by atoms with Gasteiger partial charge in [-0.25, -0.2) is 8.42 Å². The Morgan fingerprint density at radius 3 is 2.30 bits per heavy atom. The fourth-order valence-electron chi connectivity index (χ4n) is 3.09. The van der Waals surface area contributed by atoms with E-state index in [1.807, 2.05) is 0 Å². The molecule has 1 fully saturated rings. The Morgan fingerprint density at radius 1 is 1.13 bits per heavy atom. The van der Waals surface area contributed by atoms with Crippen molar-refractivity contribution in [3.63, 3.8) is 0 Å². The van der Waals surface area contributed by atoms with Gasteiger partial charge in [-0.3, -0.25) is 14.9 Å². The summed E-state index contributed by atoms with van der Waals surface area (Å²) in [4.78, 5) is 23.3. The molecule has 3 rings (SSSR count). The topological polar surface area (TPSA) is 110 Å². The van der Waals surface area contributed by atoms with E-state index in [0.717, 1.165) is 17.7 Å². The zero-order valence-electron chi connectivity index (χ0n) is 16.5. The van der Waals surface area contributed by atoms with Gasteiger partial charge < -0.3 is 5.32 Å². The first-order valence-electron chi connectivity index (χ1n) is 9.53. The Bertz CT molecular complexity index is 1000. The highest BCUT2D eigenvalue weighted by atomic mass is 32.2. The summed E-state index contributed by atoms with van der Waals surface area (Å²) in [6, 6.07) is 12.1. The monoisotopic (exact) mass is 449 g/mol. The number of nitrogens with one attached hydrogen (secondary N) is 1. The number of nitro benzene ring substituents is 1. The lowest BCUT2D eigenvalue weighted by Gasteiger charge is -2.29. The van der Waals surface area contributed by atoms with Gasteiger partial charge in [0, 0.05) is 35.8 Å². The van der Waals surface area contributed by atoms with Gasteiger partial charge in [0.05, 0.1) is 15.6 Å². The molecule has 0 unspecified atom stereocenters. The second-order valence-electron chi connectivity index (χ2n) is 7.20. The minimum atomic E-state index is -3.52. The third kappa shape index (κ3) is 5.59. The quantitative estimate of drug-likeness (QED) is 0.392. The molecule has 1 aliphatic heterocycles. The first-order valence-corrected chi connectivity index (χ1v) is 12.0. The van der Waals surface area contributed by atoms with E-state index in [-0.39, 0.29) is 22.2 Å². The molecule has 10 heteroatoms. The lowest BCUT2D eigenvalue weighted by atomic mass is 10.0. The molecule has 0 saturated carbocycles. The number of carbonyl (C=O) groups excluding carboxylic acids is 1. The van der Waals surface area contributed by atoms with Crippen molar-refractivity contribution in [1.29, 1.82) is 0 Å². The van der Waals surface area contributed by atoms with Crippen molar-refractivity contribution in [2.45, 2.75) is 29.6 Å². The molecule has 160 valence electrons. The molecule has 0 radical (unpaired) electrons. The zero-order chi connectivity index (χ0) is 21.7. The van der Waals surface area contributed by atoms with Gasteiger partial charge in [-0.15, -0.1) is 11.8 Å². The smallest absolute Gasteiger partial charge is 0.269 e.